The molecule has 3 nitrogen and oxygen atoms in total. The number of aromatic nitrogens is 1. The van der Waals surface area contributed by atoms with Crippen molar-refractivity contribution in [3.63, 3.8) is 0 Å². The third-order valence-electron chi connectivity index (χ3n) is 2.99. The van der Waals surface area contributed by atoms with E-state index in [9.17, 15) is 0 Å². The first-order valence-corrected chi connectivity index (χ1v) is 6.61. The number of nitrogens with one attached hydrogen (secondary N) is 1. The Kier molecular flexibility index (Phi) is 4.77. The van der Waals surface area contributed by atoms with E-state index in [-0.39, 0.29) is 0 Å². The van der Waals surface area contributed by atoms with E-state index in [2.05, 4.69) is 28.3 Å². The molecule has 1 aromatic carbocycles. The third-order valence-corrected chi connectivity index (χ3v) is 3.22. The first-order chi connectivity index (χ1) is 9.20. The number of hydrogen-bond donors (Lipinski definition) is 1. The molecule has 0 bridgehead atoms. The summed E-state index contributed by atoms with van der Waals surface area (Å²) in [5.74, 6) is 0. The Morgan fingerprint density at radius 1 is 1.21 bits per heavy atom. The fourth-order valence-corrected chi connectivity index (χ4v) is 2.30. The van der Waals surface area contributed by atoms with Crippen LogP contribution in [0.15, 0.2) is 42.7 Å². The average Bonchev–Trinajstić information content (AvgIpc) is 2.40. The van der Waals surface area contributed by atoms with Crippen LogP contribution < -0.4 is 10.2 Å². The van der Waals surface area contributed by atoms with Gasteiger partial charge >= 0.3 is 0 Å². The van der Waals surface area contributed by atoms with Gasteiger partial charge < -0.3 is 10.2 Å². The summed E-state index contributed by atoms with van der Waals surface area (Å²) in [7, 11) is 4.02. The topological polar surface area (TPSA) is 28.2 Å². The van der Waals surface area contributed by atoms with Crippen LogP contribution in [0.1, 0.15) is 11.1 Å². The predicted octanol–water partition coefficient (Wildman–Crippen LogP) is 3.09. The van der Waals surface area contributed by atoms with Gasteiger partial charge in [0.05, 0.1) is 0 Å². The molecule has 0 aliphatic rings. The zero-order valence-corrected chi connectivity index (χ0v) is 12.0. The van der Waals surface area contributed by atoms with Crippen molar-refractivity contribution in [1.82, 2.24) is 10.3 Å². The molecule has 0 aliphatic heterocycles. The maximum Gasteiger partial charge on any atom is 0.0427 e. The highest BCUT2D eigenvalue weighted by Gasteiger charge is 2.08. The average molecular weight is 276 g/mol. The van der Waals surface area contributed by atoms with Crippen LogP contribution in [0.3, 0.4) is 0 Å². The van der Waals surface area contributed by atoms with E-state index in [4.69, 9.17) is 11.6 Å². The molecule has 0 aliphatic carbocycles. The zero-order valence-electron chi connectivity index (χ0n) is 11.2. The van der Waals surface area contributed by atoms with Gasteiger partial charge in [0, 0.05) is 43.2 Å². The molecule has 1 N–H and O–H groups in total. The van der Waals surface area contributed by atoms with Crippen LogP contribution in [-0.2, 0) is 13.1 Å². The molecular weight excluding hydrogens is 258 g/mol. The maximum absolute atomic E-state index is 6.06. The molecule has 100 valence electrons. The Labute approximate surface area is 119 Å². The molecular formula is C15H18ClN3. The van der Waals surface area contributed by atoms with Crippen LogP contribution in [0.25, 0.3) is 0 Å². The van der Waals surface area contributed by atoms with E-state index in [1.165, 1.54) is 16.8 Å². The summed E-state index contributed by atoms with van der Waals surface area (Å²) in [6.07, 6.45) is 3.64. The Morgan fingerprint density at radius 3 is 2.63 bits per heavy atom. The minimum atomic E-state index is 0.770. The molecule has 2 rings (SSSR count). The predicted molar refractivity (Wildman–Crippen MR) is 80.6 cm³/mol. The van der Waals surface area contributed by atoms with E-state index in [0.717, 1.165) is 18.1 Å². The van der Waals surface area contributed by atoms with E-state index in [0.29, 0.717) is 0 Å². The van der Waals surface area contributed by atoms with Crippen LogP contribution in [0.5, 0.6) is 0 Å². The number of benzene rings is 1. The molecule has 0 fully saturated rings. The highest BCUT2D eigenvalue weighted by Crippen LogP contribution is 2.24. The van der Waals surface area contributed by atoms with Crippen LogP contribution in [0.4, 0.5) is 5.69 Å². The molecule has 0 unspecified atom stereocenters. The van der Waals surface area contributed by atoms with Gasteiger partial charge in [-0.2, -0.15) is 0 Å². The van der Waals surface area contributed by atoms with Crippen molar-refractivity contribution >= 4 is 17.3 Å². The summed E-state index contributed by atoms with van der Waals surface area (Å²) >= 11 is 6.06. The van der Waals surface area contributed by atoms with Gasteiger partial charge in [0.1, 0.15) is 0 Å². The Morgan fingerprint density at radius 2 is 1.95 bits per heavy atom. The molecule has 0 spiro atoms. The number of rotatable bonds is 5. The third kappa shape index (κ3) is 3.69. The lowest BCUT2D eigenvalue weighted by molar-refractivity contribution is 0.805. The monoisotopic (exact) mass is 275 g/mol. The molecule has 19 heavy (non-hydrogen) atoms. The number of nitrogens with zero attached hydrogens (tertiary/aromatic N) is 2. The minimum Gasteiger partial charge on any atom is -0.370 e. The Balaban J connectivity index is 2.20. The molecule has 0 saturated heterocycles. The fraction of sp³-hybridized carbons (Fsp3) is 0.267. The fourth-order valence-electron chi connectivity index (χ4n) is 2.11. The number of pyridine rings is 1. The van der Waals surface area contributed by atoms with Gasteiger partial charge in [-0.15, -0.1) is 0 Å². The van der Waals surface area contributed by atoms with E-state index in [1.807, 2.05) is 43.7 Å². The Bertz CT molecular complexity index is 528. The second kappa shape index (κ2) is 6.55. The summed E-state index contributed by atoms with van der Waals surface area (Å²) in [6.45, 7) is 1.65. The molecule has 0 amide bonds. The van der Waals surface area contributed by atoms with Crippen molar-refractivity contribution < 1.29 is 0 Å². The van der Waals surface area contributed by atoms with Crippen molar-refractivity contribution in [1.29, 1.82) is 0 Å². The smallest absolute Gasteiger partial charge is 0.0427 e. The number of halogens is 1. The lowest BCUT2D eigenvalue weighted by Gasteiger charge is -2.23. The van der Waals surface area contributed by atoms with Crippen LogP contribution >= 0.6 is 11.6 Å². The summed E-state index contributed by atoms with van der Waals surface area (Å²) in [5, 5.41) is 3.94. The summed E-state index contributed by atoms with van der Waals surface area (Å²) in [5.41, 5.74) is 3.63. The van der Waals surface area contributed by atoms with Crippen LogP contribution in [0.2, 0.25) is 5.02 Å². The molecule has 0 saturated carbocycles. The van der Waals surface area contributed by atoms with Gasteiger partial charge in [-0.05, 0) is 48.5 Å². The number of anilines is 1. The van der Waals surface area contributed by atoms with Crippen LogP contribution in [-0.4, -0.2) is 19.1 Å². The Hall–Kier alpha value is -1.58. The zero-order chi connectivity index (χ0) is 13.7. The van der Waals surface area contributed by atoms with Gasteiger partial charge in [0.15, 0.2) is 0 Å². The normalized spacial score (nSPS) is 10.5. The first kappa shape index (κ1) is 13.8. The van der Waals surface area contributed by atoms with Crippen molar-refractivity contribution in [3.8, 4) is 0 Å². The van der Waals surface area contributed by atoms with Gasteiger partial charge in [-0.25, -0.2) is 0 Å². The highest BCUT2D eigenvalue weighted by molar-refractivity contribution is 6.30. The second-order valence-electron chi connectivity index (χ2n) is 4.51. The van der Waals surface area contributed by atoms with Gasteiger partial charge in [0.2, 0.25) is 0 Å². The molecule has 0 atom stereocenters. The molecule has 0 radical (unpaired) electrons. The summed E-state index contributed by atoms with van der Waals surface area (Å²) in [6, 6.07) is 10.1. The quantitative estimate of drug-likeness (QED) is 0.909. The summed E-state index contributed by atoms with van der Waals surface area (Å²) in [4.78, 5) is 6.26. The second-order valence-corrected chi connectivity index (χ2v) is 4.95. The standard InChI is InChI=1S/C15H18ClN3/c1-17-10-13-9-14(16)3-4-15(13)19(2)11-12-5-7-18-8-6-12/h3-9,17H,10-11H2,1-2H3. The molecule has 1 aromatic heterocycles. The van der Waals surface area contributed by atoms with Crippen molar-refractivity contribution in [2.24, 2.45) is 0 Å². The maximum atomic E-state index is 6.06. The van der Waals surface area contributed by atoms with Crippen molar-refractivity contribution in [2.45, 2.75) is 13.1 Å². The highest BCUT2D eigenvalue weighted by atomic mass is 35.5. The van der Waals surface area contributed by atoms with E-state index in [1.54, 1.807) is 0 Å². The lowest BCUT2D eigenvalue weighted by Crippen LogP contribution is -2.19. The number of hydrogen-bond acceptors (Lipinski definition) is 3. The van der Waals surface area contributed by atoms with Gasteiger partial charge in [0.25, 0.3) is 0 Å². The van der Waals surface area contributed by atoms with Gasteiger partial charge in [-0.1, -0.05) is 11.6 Å². The van der Waals surface area contributed by atoms with E-state index >= 15 is 0 Å². The van der Waals surface area contributed by atoms with Crippen molar-refractivity contribution in [2.75, 3.05) is 19.0 Å². The van der Waals surface area contributed by atoms with Crippen molar-refractivity contribution in [3.05, 3.63) is 58.9 Å². The van der Waals surface area contributed by atoms with E-state index < -0.39 is 0 Å². The lowest BCUT2D eigenvalue weighted by atomic mass is 10.1. The summed E-state index contributed by atoms with van der Waals surface area (Å²) < 4.78 is 0. The molecule has 2 aromatic rings. The SMILES string of the molecule is CNCc1cc(Cl)ccc1N(C)Cc1ccncc1. The largest absolute Gasteiger partial charge is 0.370 e. The minimum absolute atomic E-state index is 0.770. The van der Waals surface area contributed by atoms with Crippen LogP contribution in [0, 0.1) is 0 Å². The first-order valence-electron chi connectivity index (χ1n) is 6.24. The van der Waals surface area contributed by atoms with Gasteiger partial charge in [-0.3, -0.25) is 4.98 Å². The molecule has 4 heteroatoms. The molecule has 1 heterocycles.